The van der Waals surface area contributed by atoms with Gasteiger partial charge in [-0.05, 0) is 38.4 Å². The molecule has 3 heterocycles. The summed E-state index contributed by atoms with van der Waals surface area (Å²) in [7, 11) is 0. The zero-order chi connectivity index (χ0) is 13.8. The lowest BCUT2D eigenvalue weighted by Gasteiger charge is -2.32. The number of piperidine rings is 1. The van der Waals surface area contributed by atoms with E-state index in [0.717, 1.165) is 31.2 Å². The van der Waals surface area contributed by atoms with Crippen molar-refractivity contribution in [1.29, 1.82) is 5.26 Å². The first-order chi connectivity index (χ1) is 9.86. The second-order valence-corrected chi connectivity index (χ2v) is 5.90. The summed E-state index contributed by atoms with van der Waals surface area (Å²) in [5.74, 6) is 0. The first-order valence-corrected chi connectivity index (χ1v) is 7.67. The molecule has 1 unspecified atom stereocenters. The minimum absolute atomic E-state index is 0.578. The van der Waals surface area contributed by atoms with Crippen LogP contribution in [0.4, 0.5) is 0 Å². The standard InChI is InChI=1S/C16H22N4/c17-11-16-14(5-4-7-18-16)12-19-10-6-15(13-19)20-8-2-1-3-9-20/h4-5,7,15H,1-3,6,8-10,12-13H2. The van der Waals surface area contributed by atoms with Gasteiger partial charge in [-0.2, -0.15) is 5.26 Å². The van der Waals surface area contributed by atoms with Gasteiger partial charge in [-0.25, -0.2) is 4.98 Å². The van der Waals surface area contributed by atoms with Gasteiger partial charge in [0.15, 0.2) is 0 Å². The number of likely N-dealkylation sites (tertiary alicyclic amines) is 2. The molecule has 0 bridgehead atoms. The Morgan fingerprint density at radius 2 is 2.10 bits per heavy atom. The predicted molar refractivity (Wildman–Crippen MR) is 78.1 cm³/mol. The lowest BCUT2D eigenvalue weighted by Crippen LogP contribution is -2.40. The molecule has 0 N–H and O–H groups in total. The zero-order valence-electron chi connectivity index (χ0n) is 12.0. The lowest BCUT2D eigenvalue weighted by molar-refractivity contribution is 0.161. The Morgan fingerprint density at radius 1 is 1.25 bits per heavy atom. The summed E-state index contributed by atoms with van der Waals surface area (Å²) in [6.07, 6.45) is 7.08. The molecule has 2 fully saturated rings. The predicted octanol–water partition coefficient (Wildman–Crippen LogP) is 2.01. The third-order valence-corrected chi connectivity index (χ3v) is 4.55. The molecule has 3 rings (SSSR count). The summed E-state index contributed by atoms with van der Waals surface area (Å²) >= 11 is 0. The maximum atomic E-state index is 9.11. The van der Waals surface area contributed by atoms with Crippen LogP contribution in [0, 0.1) is 11.3 Å². The van der Waals surface area contributed by atoms with Crippen molar-refractivity contribution in [2.45, 2.75) is 38.3 Å². The van der Waals surface area contributed by atoms with Gasteiger partial charge < -0.3 is 0 Å². The van der Waals surface area contributed by atoms with Crippen molar-refractivity contribution in [3.63, 3.8) is 0 Å². The van der Waals surface area contributed by atoms with Crippen LogP contribution in [-0.4, -0.2) is 47.0 Å². The van der Waals surface area contributed by atoms with Crippen LogP contribution >= 0.6 is 0 Å². The summed E-state index contributed by atoms with van der Waals surface area (Å²) < 4.78 is 0. The molecule has 4 heteroatoms. The van der Waals surface area contributed by atoms with Gasteiger partial charge in [-0.15, -0.1) is 0 Å². The smallest absolute Gasteiger partial charge is 0.144 e. The normalized spacial score (nSPS) is 24.6. The van der Waals surface area contributed by atoms with E-state index in [2.05, 4.69) is 20.9 Å². The zero-order valence-corrected chi connectivity index (χ0v) is 12.0. The lowest BCUT2D eigenvalue weighted by atomic mass is 10.1. The Bertz CT molecular complexity index is 487. The van der Waals surface area contributed by atoms with E-state index in [1.54, 1.807) is 6.20 Å². The van der Waals surface area contributed by atoms with E-state index in [1.807, 2.05) is 12.1 Å². The molecule has 1 atom stereocenters. The monoisotopic (exact) mass is 270 g/mol. The van der Waals surface area contributed by atoms with Crippen LogP contribution in [0.15, 0.2) is 18.3 Å². The third kappa shape index (κ3) is 3.00. The molecule has 0 spiro atoms. The highest BCUT2D eigenvalue weighted by molar-refractivity contribution is 5.30. The molecule has 1 aromatic rings. The summed E-state index contributed by atoms with van der Waals surface area (Å²) in [4.78, 5) is 9.28. The van der Waals surface area contributed by atoms with Crippen molar-refractivity contribution in [3.8, 4) is 6.07 Å². The molecule has 106 valence electrons. The van der Waals surface area contributed by atoms with Crippen LogP contribution in [-0.2, 0) is 6.54 Å². The first kappa shape index (κ1) is 13.5. The molecule has 20 heavy (non-hydrogen) atoms. The number of nitrogens with zero attached hydrogens (tertiary/aromatic N) is 4. The molecule has 0 radical (unpaired) electrons. The van der Waals surface area contributed by atoms with Crippen molar-refractivity contribution < 1.29 is 0 Å². The van der Waals surface area contributed by atoms with Crippen LogP contribution in [0.3, 0.4) is 0 Å². The van der Waals surface area contributed by atoms with Gasteiger partial charge in [-0.3, -0.25) is 9.80 Å². The van der Waals surface area contributed by atoms with Gasteiger partial charge in [0.2, 0.25) is 0 Å². The van der Waals surface area contributed by atoms with Crippen molar-refractivity contribution in [1.82, 2.24) is 14.8 Å². The van der Waals surface area contributed by atoms with Crippen molar-refractivity contribution >= 4 is 0 Å². The van der Waals surface area contributed by atoms with Gasteiger partial charge >= 0.3 is 0 Å². The van der Waals surface area contributed by atoms with Gasteiger partial charge in [0.05, 0.1) is 0 Å². The fraction of sp³-hybridized carbons (Fsp3) is 0.625. The molecule has 2 saturated heterocycles. The highest BCUT2D eigenvalue weighted by atomic mass is 15.3. The molecule has 1 aromatic heterocycles. The summed E-state index contributed by atoms with van der Waals surface area (Å²) in [5, 5.41) is 9.11. The minimum Gasteiger partial charge on any atom is -0.299 e. The summed E-state index contributed by atoms with van der Waals surface area (Å²) in [5.41, 5.74) is 1.64. The van der Waals surface area contributed by atoms with E-state index < -0.39 is 0 Å². The van der Waals surface area contributed by atoms with Gasteiger partial charge in [0.25, 0.3) is 0 Å². The largest absolute Gasteiger partial charge is 0.299 e. The number of rotatable bonds is 3. The third-order valence-electron chi connectivity index (χ3n) is 4.55. The molecular weight excluding hydrogens is 248 g/mol. The topological polar surface area (TPSA) is 43.2 Å². The molecular formula is C16H22N4. The van der Waals surface area contributed by atoms with Crippen LogP contribution in [0.2, 0.25) is 0 Å². The van der Waals surface area contributed by atoms with E-state index >= 15 is 0 Å². The Morgan fingerprint density at radius 3 is 2.90 bits per heavy atom. The average Bonchev–Trinajstić information content (AvgIpc) is 2.97. The van der Waals surface area contributed by atoms with Gasteiger partial charge in [-0.1, -0.05) is 12.5 Å². The Balaban J connectivity index is 1.59. The molecule has 4 nitrogen and oxygen atoms in total. The fourth-order valence-corrected chi connectivity index (χ4v) is 3.45. The van der Waals surface area contributed by atoms with Crippen LogP contribution < -0.4 is 0 Å². The van der Waals surface area contributed by atoms with E-state index in [1.165, 1.54) is 38.8 Å². The molecule has 0 saturated carbocycles. The van der Waals surface area contributed by atoms with Gasteiger partial charge in [0.1, 0.15) is 11.8 Å². The Labute approximate surface area is 121 Å². The van der Waals surface area contributed by atoms with E-state index in [4.69, 9.17) is 5.26 Å². The van der Waals surface area contributed by atoms with Crippen LogP contribution in [0.1, 0.15) is 36.9 Å². The fourth-order valence-electron chi connectivity index (χ4n) is 3.45. The van der Waals surface area contributed by atoms with Crippen molar-refractivity contribution in [2.24, 2.45) is 0 Å². The number of hydrogen-bond donors (Lipinski definition) is 0. The Hall–Kier alpha value is -1.44. The highest BCUT2D eigenvalue weighted by Crippen LogP contribution is 2.22. The second kappa shape index (κ2) is 6.34. The number of aromatic nitrogens is 1. The number of pyridine rings is 1. The highest BCUT2D eigenvalue weighted by Gasteiger charge is 2.28. The number of nitriles is 1. The first-order valence-electron chi connectivity index (χ1n) is 7.67. The molecule has 2 aliphatic rings. The second-order valence-electron chi connectivity index (χ2n) is 5.90. The van der Waals surface area contributed by atoms with E-state index in [9.17, 15) is 0 Å². The van der Waals surface area contributed by atoms with E-state index in [-0.39, 0.29) is 0 Å². The minimum atomic E-state index is 0.578. The average molecular weight is 270 g/mol. The molecule has 0 aliphatic carbocycles. The maximum absolute atomic E-state index is 9.11. The van der Waals surface area contributed by atoms with Crippen molar-refractivity contribution in [2.75, 3.05) is 26.2 Å². The summed E-state index contributed by atoms with van der Waals surface area (Å²) in [6, 6.07) is 6.87. The van der Waals surface area contributed by atoms with E-state index in [0.29, 0.717) is 5.69 Å². The summed E-state index contributed by atoms with van der Waals surface area (Å²) in [6.45, 7) is 5.69. The quantitative estimate of drug-likeness (QED) is 0.842. The van der Waals surface area contributed by atoms with Crippen LogP contribution in [0.25, 0.3) is 0 Å². The van der Waals surface area contributed by atoms with Gasteiger partial charge in [0, 0.05) is 37.4 Å². The van der Waals surface area contributed by atoms with Crippen molar-refractivity contribution in [3.05, 3.63) is 29.6 Å². The molecule has 0 amide bonds. The number of hydrogen-bond acceptors (Lipinski definition) is 4. The maximum Gasteiger partial charge on any atom is 0.144 e. The SMILES string of the molecule is N#Cc1ncccc1CN1CCC(N2CCCCC2)C1. The Kier molecular flexibility index (Phi) is 4.29. The molecule has 0 aromatic carbocycles. The molecule has 2 aliphatic heterocycles. The van der Waals surface area contributed by atoms with Crippen LogP contribution in [0.5, 0.6) is 0 Å².